The molecule has 3 rings (SSSR count). The number of fused-ring (bicyclic) bond motifs is 1. The second-order valence-electron chi connectivity index (χ2n) is 4.47. The molecular formula is C11H17NO2S. The van der Waals surface area contributed by atoms with Gasteiger partial charge in [0.15, 0.2) is 0 Å². The molecule has 3 aliphatic rings. The van der Waals surface area contributed by atoms with Crippen LogP contribution in [-0.2, 0) is 9.47 Å². The van der Waals surface area contributed by atoms with Gasteiger partial charge in [0.25, 0.3) is 0 Å². The van der Waals surface area contributed by atoms with Gasteiger partial charge in [0.05, 0.1) is 17.7 Å². The van der Waals surface area contributed by atoms with Gasteiger partial charge in [0.2, 0.25) is 0 Å². The molecule has 3 aliphatic heterocycles. The number of nitrogens with zero attached hydrogens (tertiary/aromatic N) is 1. The Balaban J connectivity index is 1.71. The Bertz CT molecular complexity index is 263. The summed E-state index contributed by atoms with van der Waals surface area (Å²) in [6.07, 6.45) is 3.83. The van der Waals surface area contributed by atoms with Crippen molar-refractivity contribution in [1.29, 1.82) is 0 Å². The zero-order valence-corrected chi connectivity index (χ0v) is 9.67. The maximum atomic E-state index is 5.68. The first-order chi connectivity index (χ1) is 7.43. The van der Waals surface area contributed by atoms with Gasteiger partial charge in [0, 0.05) is 19.0 Å². The normalized spacial score (nSPS) is 41.1. The van der Waals surface area contributed by atoms with E-state index in [-0.39, 0.29) is 0 Å². The van der Waals surface area contributed by atoms with Crippen molar-refractivity contribution in [2.45, 2.75) is 31.4 Å². The minimum absolute atomic E-state index is 0.304. The van der Waals surface area contributed by atoms with Crippen molar-refractivity contribution >= 4 is 16.8 Å². The number of rotatable bonds is 1. The minimum atomic E-state index is 0.304. The third-order valence-corrected chi connectivity index (χ3v) is 4.67. The van der Waals surface area contributed by atoms with Crippen LogP contribution >= 0.6 is 11.8 Å². The fourth-order valence-corrected chi connectivity index (χ4v) is 3.80. The summed E-state index contributed by atoms with van der Waals surface area (Å²) in [5, 5.41) is 1.24. The molecule has 15 heavy (non-hydrogen) atoms. The lowest BCUT2D eigenvalue weighted by Crippen LogP contribution is -2.38. The van der Waals surface area contributed by atoms with Crippen LogP contribution in [0.25, 0.3) is 0 Å². The zero-order chi connectivity index (χ0) is 10.1. The van der Waals surface area contributed by atoms with Gasteiger partial charge in [-0.2, -0.15) is 0 Å². The Kier molecular flexibility index (Phi) is 2.99. The zero-order valence-electron chi connectivity index (χ0n) is 8.85. The van der Waals surface area contributed by atoms with Gasteiger partial charge in [-0.05, 0) is 25.2 Å². The van der Waals surface area contributed by atoms with Crippen LogP contribution in [0.5, 0.6) is 0 Å². The molecule has 0 radical (unpaired) electrons. The molecule has 2 fully saturated rings. The van der Waals surface area contributed by atoms with Gasteiger partial charge in [0.1, 0.15) is 6.10 Å². The Morgan fingerprint density at radius 2 is 2.27 bits per heavy atom. The van der Waals surface area contributed by atoms with Gasteiger partial charge in [-0.15, -0.1) is 11.8 Å². The second-order valence-corrected chi connectivity index (χ2v) is 5.51. The van der Waals surface area contributed by atoms with Crippen LogP contribution in [0.3, 0.4) is 0 Å². The third kappa shape index (κ3) is 2.08. The number of hydrogen-bond donors (Lipinski definition) is 0. The molecule has 84 valence electrons. The van der Waals surface area contributed by atoms with Crippen LogP contribution in [0, 0.1) is 5.92 Å². The summed E-state index contributed by atoms with van der Waals surface area (Å²) in [6.45, 7) is 2.66. The fraction of sp³-hybridized carbons (Fsp3) is 0.909. The highest BCUT2D eigenvalue weighted by Gasteiger charge is 2.33. The molecule has 0 aromatic heterocycles. The number of aliphatic imine (C=N–C) groups is 1. The van der Waals surface area contributed by atoms with Crippen molar-refractivity contribution in [2.75, 3.05) is 25.6 Å². The summed E-state index contributed by atoms with van der Waals surface area (Å²) in [6, 6.07) is 0.416. The van der Waals surface area contributed by atoms with Gasteiger partial charge < -0.3 is 9.47 Å². The third-order valence-electron chi connectivity index (χ3n) is 3.41. The highest BCUT2D eigenvalue weighted by Crippen LogP contribution is 2.32. The van der Waals surface area contributed by atoms with Crippen molar-refractivity contribution in [2.24, 2.45) is 10.9 Å². The molecule has 4 heteroatoms. The van der Waals surface area contributed by atoms with E-state index in [0.29, 0.717) is 12.1 Å². The van der Waals surface area contributed by atoms with E-state index in [4.69, 9.17) is 14.5 Å². The minimum Gasteiger partial charge on any atom is -0.379 e. The predicted octanol–water partition coefficient (Wildman–Crippen LogP) is 1.72. The molecule has 0 N–H and O–H groups in total. The van der Waals surface area contributed by atoms with Crippen molar-refractivity contribution in [1.82, 2.24) is 0 Å². The average Bonchev–Trinajstić information content (AvgIpc) is 2.82. The molecule has 0 saturated carbocycles. The molecule has 3 nitrogen and oxygen atoms in total. The monoisotopic (exact) mass is 227 g/mol. The first kappa shape index (κ1) is 10.1. The first-order valence-electron chi connectivity index (χ1n) is 5.83. The molecule has 0 aromatic carbocycles. The molecule has 2 saturated heterocycles. The van der Waals surface area contributed by atoms with E-state index in [1.165, 1.54) is 23.6 Å². The van der Waals surface area contributed by atoms with Crippen molar-refractivity contribution < 1.29 is 9.47 Å². The maximum Gasteiger partial charge on any atom is 0.105 e. The van der Waals surface area contributed by atoms with Crippen LogP contribution < -0.4 is 0 Å². The maximum absolute atomic E-state index is 5.68. The Hall–Kier alpha value is -0.0600. The standard InChI is InChI=1S/C11H17NO2S/c1-2-10(14-4-1)11-12-9-6-13-5-3-8(9)7-15-11/h8-10H,1-7H2. The summed E-state index contributed by atoms with van der Waals surface area (Å²) in [7, 11) is 0. The van der Waals surface area contributed by atoms with E-state index in [0.717, 1.165) is 32.2 Å². The molecule has 3 atom stereocenters. The van der Waals surface area contributed by atoms with E-state index < -0.39 is 0 Å². The first-order valence-corrected chi connectivity index (χ1v) is 6.82. The van der Waals surface area contributed by atoms with Crippen LogP contribution in [0.2, 0.25) is 0 Å². The van der Waals surface area contributed by atoms with Crippen molar-refractivity contribution in [3.8, 4) is 0 Å². The highest BCUT2D eigenvalue weighted by atomic mass is 32.2. The molecule has 0 bridgehead atoms. The number of thioether (sulfide) groups is 1. The van der Waals surface area contributed by atoms with E-state index in [1.807, 2.05) is 11.8 Å². The van der Waals surface area contributed by atoms with E-state index in [2.05, 4.69) is 0 Å². The summed E-state index contributed by atoms with van der Waals surface area (Å²) in [4.78, 5) is 4.82. The molecule has 3 unspecified atom stereocenters. The lowest BCUT2D eigenvalue weighted by atomic mass is 9.97. The fourth-order valence-electron chi connectivity index (χ4n) is 2.45. The molecule has 0 aliphatic carbocycles. The Morgan fingerprint density at radius 1 is 1.27 bits per heavy atom. The summed E-state index contributed by atoms with van der Waals surface area (Å²) < 4.78 is 11.2. The summed E-state index contributed by atoms with van der Waals surface area (Å²) in [5.74, 6) is 1.96. The Morgan fingerprint density at radius 3 is 3.13 bits per heavy atom. The molecule has 0 amide bonds. The van der Waals surface area contributed by atoms with Crippen molar-refractivity contribution in [3.05, 3.63) is 0 Å². The average molecular weight is 227 g/mol. The van der Waals surface area contributed by atoms with E-state index in [9.17, 15) is 0 Å². The predicted molar refractivity (Wildman–Crippen MR) is 61.6 cm³/mol. The summed E-state index contributed by atoms with van der Waals surface area (Å²) >= 11 is 1.92. The van der Waals surface area contributed by atoms with Crippen molar-refractivity contribution in [3.63, 3.8) is 0 Å². The SMILES string of the molecule is C1COC(C2=NC3COCCC3CS2)C1. The number of ether oxygens (including phenoxy) is 2. The van der Waals surface area contributed by atoms with Gasteiger partial charge >= 0.3 is 0 Å². The van der Waals surface area contributed by atoms with Crippen LogP contribution in [-0.4, -0.2) is 42.8 Å². The van der Waals surface area contributed by atoms with Crippen LogP contribution in [0.1, 0.15) is 19.3 Å². The highest BCUT2D eigenvalue weighted by molar-refractivity contribution is 8.14. The summed E-state index contributed by atoms with van der Waals surface area (Å²) in [5.41, 5.74) is 0. The lowest BCUT2D eigenvalue weighted by molar-refractivity contribution is 0.0556. The topological polar surface area (TPSA) is 30.8 Å². The second kappa shape index (κ2) is 4.44. The van der Waals surface area contributed by atoms with Gasteiger partial charge in [-0.3, -0.25) is 4.99 Å². The number of hydrogen-bond acceptors (Lipinski definition) is 4. The molecule has 3 heterocycles. The largest absolute Gasteiger partial charge is 0.379 e. The van der Waals surface area contributed by atoms with E-state index >= 15 is 0 Å². The van der Waals surface area contributed by atoms with E-state index in [1.54, 1.807) is 0 Å². The van der Waals surface area contributed by atoms with Crippen LogP contribution in [0.15, 0.2) is 4.99 Å². The lowest BCUT2D eigenvalue weighted by Gasteiger charge is -2.33. The molecule has 0 aromatic rings. The molecular weight excluding hydrogens is 210 g/mol. The quantitative estimate of drug-likeness (QED) is 0.683. The van der Waals surface area contributed by atoms with Gasteiger partial charge in [-0.25, -0.2) is 0 Å². The molecule has 0 spiro atoms. The smallest absolute Gasteiger partial charge is 0.105 e. The van der Waals surface area contributed by atoms with Crippen LogP contribution in [0.4, 0.5) is 0 Å². The van der Waals surface area contributed by atoms with Gasteiger partial charge in [-0.1, -0.05) is 0 Å². The Labute approximate surface area is 94.6 Å².